The third-order valence-corrected chi connectivity index (χ3v) is 2.21. The lowest BCUT2D eigenvalue weighted by Gasteiger charge is -2.11. The van der Waals surface area contributed by atoms with Gasteiger partial charge in [0.1, 0.15) is 6.29 Å². The summed E-state index contributed by atoms with van der Waals surface area (Å²) in [6.07, 6.45) is 4.61. The summed E-state index contributed by atoms with van der Waals surface area (Å²) in [4.78, 5) is 10.4. The molecule has 0 aromatic heterocycles. The second-order valence-corrected chi connectivity index (χ2v) is 2.95. The first-order valence-electron chi connectivity index (χ1n) is 4.07. The van der Waals surface area contributed by atoms with Gasteiger partial charge in [-0.3, -0.25) is 0 Å². The van der Waals surface area contributed by atoms with Gasteiger partial charge in [-0.15, -0.1) is 0 Å². The van der Waals surface area contributed by atoms with Gasteiger partial charge < -0.3 is 10.1 Å². The molecule has 1 aliphatic rings. The largest absolute Gasteiger partial charge is 0.307 e. The Labute approximate surface area is 62.0 Å². The highest BCUT2D eigenvalue weighted by Crippen LogP contribution is 2.18. The predicted octanol–water partition coefficient (Wildman–Crippen LogP) is 0.963. The topological polar surface area (TPSA) is 29.1 Å². The fourth-order valence-corrected chi connectivity index (χ4v) is 1.64. The number of hydrogen-bond acceptors (Lipinski definition) is 2. The maximum atomic E-state index is 10.4. The minimum absolute atomic E-state index is 0.153. The Balaban J connectivity index is 2.34. The van der Waals surface area contributed by atoms with Crippen LogP contribution in [-0.2, 0) is 4.79 Å². The van der Waals surface area contributed by atoms with Crippen LogP contribution in [0.25, 0.3) is 0 Å². The van der Waals surface area contributed by atoms with E-state index in [1.54, 1.807) is 0 Å². The molecule has 0 aliphatic carbocycles. The molecule has 58 valence electrons. The van der Waals surface area contributed by atoms with Crippen molar-refractivity contribution in [2.24, 2.45) is 5.92 Å². The van der Waals surface area contributed by atoms with Gasteiger partial charge in [-0.2, -0.15) is 0 Å². The van der Waals surface area contributed by atoms with Gasteiger partial charge in [-0.1, -0.05) is 13.3 Å². The van der Waals surface area contributed by atoms with Gasteiger partial charge in [0.05, 0.1) is 6.04 Å². The van der Waals surface area contributed by atoms with E-state index in [0.29, 0.717) is 5.92 Å². The highest BCUT2D eigenvalue weighted by Gasteiger charge is 2.24. The number of aldehydes is 1. The Kier molecular flexibility index (Phi) is 2.87. The quantitative estimate of drug-likeness (QED) is 0.593. The Hall–Kier alpha value is -0.370. The van der Waals surface area contributed by atoms with E-state index < -0.39 is 0 Å². The van der Waals surface area contributed by atoms with Crippen LogP contribution in [0, 0.1) is 5.92 Å². The second kappa shape index (κ2) is 3.71. The van der Waals surface area contributed by atoms with Gasteiger partial charge in [-0.25, -0.2) is 0 Å². The lowest BCUT2D eigenvalue weighted by atomic mass is 9.97. The average molecular weight is 141 g/mol. The summed E-state index contributed by atoms with van der Waals surface area (Å²) in [7, 11) is 0. The van der Waals surface area contributed by atoms with Crippen molar-refractivity contribution in [1.82, 2.24) is 5.32 Å². The van der Waals surface area contributed by atoms with Crippen LogP contribution in [0.4, 0.5) is 0 Å². The smallest absolute Gasteiger partial charge is 0.137 e. The van der Waals surface area contributed by atoms with Gasteiger partial charge in [-0.05, 0) is 25.3 Å². The summed E-state index contributed by atoms with van der Waals surface area (Å²) in [5.74, 6) is 0.613. The number of carbonyl (C=O) groups excluding carboxylic acids is 1. The van der Waals surface area contributed by atoms with Crippen molar-refractivity contribution in [2.45, 2.75) is 32.2 Å². The Morgan fingerprint density at radius 2 is 2.50 bits per heavy atom. The minimum Gasteiger partial charge on any atom is -0.307 e. The van der Waals surface area contributed by atoms with Crippen molar-refractivity contribution in [2.75, 3.05) is 6.54 Å². The zero-order valence-corrected chi connectivity index (χ0v) is 6.47. The van der Waals surface area contributed by atoms with Crippen molar-refractivity contribution >= 4 is 6.29 Å². The second-order valence-electron chi connectivity index (χ2n) is 2.95. The van der Waals surface area contributed by atoms with Crippen LogP contribution in [0.2, 0.25) is 0 Å². The molecule has 0 aromatic rings. The van der Waals surface area contributed by atoms with E-state index in [1.165, 1.54) is 19.3 Å². The summed E-state index contributed by atoms with van der Waals surface area (Å²) in [6.45, 7) is 3.19. The Bertz CT molecular complexity index is 114. The number of carbonyl (C=O) groups is 1. The third-order valence-electron chi connectivity index (χ3n) is 2.21. The molecule has 0 radical (unpaired) electrons. The van der Waals surface area contributed by atoms with Crippen molar-refractivity contribution < 1.29 is 4.79 Å². The van der Waals surface area contributed by atoms with Gasteiger partial charge in [0, 0.05) is 0 Å². The monoisotopic (exact) mass is 141 g/mol. The maximum absolute atomic E-state index is 10.4. The number of hydrogen-bond donors (Lipinski definition) is 1. The predicted molar refractivity (Wildman–Crippen MR) is 40.9 cm³/mol. The molecular formula is C8H15NO. The van der Waals surface area contributed by atoms with Crippen molar-refractivity contribution in [3.63, 3.8) is 0 Å². The Morgan fingerprint density at radius 3 is 3.10 bits per heavy atom. The molecule has 0 spiro atoms. The molecular weight excluding hydrogens is 126 g/mol. The average Bonchev–Trinajstić information content (AvgIpc) is 2.36. The molecule has 1 aliphatic heterocycles. The van der Waals surface area contributed by atoms with E-state index in [1.807, 2.05) is 0 Å². The van der Waals surface area contributed by atoms with Crippen LogP contribution in [0.5, 0.6) is 0 Å². The van der Waals surface area contributed by atoms with Crippen LogP contribution in [0.1, 0.15) is 26.2 Å². The molecule has 0 aromatic carbocycles. The van der Waals surface area contributed by atoms with Crippen molar-refractivity contribution in [1.29, 1.82) is 0 Å². The molecule has 1 saturated heterocycles. The molecule has 10 heavy (non-hydrogen) atoms. The summed E-state index contributed by atoms with van der Waals surface area (Å²) in [6, 6.07) is 0.153. The van der Waals surface area contributed by atoms with E-state index >= 15 is 0 Å². The summed E-state index contributed by atoms with van der Waals surface area (Å²) in [5, 5.41) is 3.17. The fourth-order valence-electron chi connectivity index (χ4n) is 1.64. The molecule has 1 unspecified atom stereocenters. The summed E-state index contributed by atoms with van der Waals surface area (Å²) >= 11 is 0. The first kappa shape index (κ1) is 7.73. The van der Waals surface area contributed by atoms with Crippen LogP contribution < -0.4 is 5.32 Å². The standard InChI is InChI=1S/C8H15NO/c1-2-3-7-4-5-9-8(7)6-10/h6-9H,2-5H2,1H3/t7?,8-/m1/s1. The molecule has 2 nitrogen and oxygen atoms in total. The zero-order chi connectivity index (χ0) is 7.40. The molecule has 0 bridgehead atoms. The first-order chi connectivity index (χ1) is 4.88. The van der Waals surface area contributed by atoms with Gasteiger partial charge in [0.15, 0.2) is 0 Å². The van der Waals surface area contributed by atoms with Gasteiger partial charge in [0.25, 0.3) is 0 Å². The maximum Gasteiger partial charge on any atom is 0.137 e. The summed E-state index contributed by atoms with van der Waals surface area (Å²) in [5.41, 5.74) is 0. The van der Waals surface area contributed by atoms with Gasteiger partial charge in [0.2, 0.25) is 0 Å². The highest BCUT2D eigenvalue weighted by atomic mass is 16.1. The number of nitrogens with one attached hydrogen (secondary N) is 1. The SMILES string of the molecule is CCCC1CCN[C@@H]1C=O. The lowest BCUT2D eigenvalue weighted by molar-refractivity contribution is -0.110. The van der Waals surface area contributed by atoms with Gasteiger partial charge >= 0.3 is 0 Å². The molecule has 0 amide bonds. The van der Waals surface area contributed by atoms with E-state index in [9.17, 15) is 4.79 Å². The summed E-state index contributed by atoms with van der Waals surface area (Å²) < 4.78 is 0. The molecule has 1 fully saturated rings. The zero-order valence-electron chi connectivity index (χ0n) is 6.47. The minimum atomic E-state index is 0.153. The molecule has 1 rings (SSSR count). The van der Waals surface area contributed by atoms with E-state index in [-0.39, 0.29) is 6.04 Å². The Morgan fingerprint density at radius 1 is 1.70 bits per heavy atom. The van der Waals surface area contributed by atoms with Crippen LogP contribution in [-0.4, -0.2) is 18.9 Å². The lowest BCUT2D eigenvalue weighted by Crippen LogP contribution is -2.28. The molecule has 1 N–H and O–H groups in total. The van der Waals surface area contributed by atoms with Crippen molar-refractivity contribution in [3.05, 3.63) is 0 Å². The van der Waals surface area contributed by atoms with Crippen LogP contribution in [0.3, 0.4) is 0 Å². The van der Waals surface area contributed by atoms with Crippen LogP contribution in [0.15, 0.2) is 0 Å². The molecule has 2 atom stereocenters. The van der Waals surface area contributed by atoms with E-state index in [4.69, 9.17) is 0 Å². The van der Waals surface area contributed by atoms with E-state index in [0.717, 1.165) is 12.8 Å². The molecule has 0 saturated carbocycles. The molecule has 2 heteroatoms. The number of rotatable bonds is 3. The third kappa shape index (κ3) is 1.57. The first-order valence-corrected chi connectivity index (χ1v) is 4.07. The normalized spacial score (nSPS) is 32.5. The van der Waals surface area contributed by atoms with Crippen LogP contribution >= 0.6 is 0 Å². The highest BCUT2D eigenvalue weighted by molar-refractivity contribution is 5.58. The van der Waals surface area contributed by atoms with E-state index in [2.05, 4.69) is 12.2 Å². The fraction of sp³-hybridized carbons (Fsp3) is 0.875. The molecule has 1 heterocycles. The van der Waals surface area contributed by atoms with Crippen molar-refractivity contribution in [3.8, 4) is 0 Å².